The Bertz CT molecular complexity index is 2200. The zero-order valence-electron chi connectivity index (χ0n) is 22.0. The lowest BCUT2D eigenvalue weighted by molar-refractivity contribution is 0.669. The fourth-order valence-corrected chi connectivity index (χ4v) is 5.51. The molecule has 0 saturated carbocycles. The summed E-state index contributed by atoms with van der Waals surface area (Å²) in [5.41, 5.74) is 6.60. The Morgan fingerprint density at radius 2 is 1.00 bits per heavy atom. The van der Waals surface area contributed by atoms with Gasteiger partial charge < -0.3 is 4.42 Å². The van der Waals surface area contributed by atoms with E-state index in [1.54, 1.807) is 0 Å². The van der Waals surface area contributed by atoms with Gasteiger partial charge in [-0.15, -0.1) is 0 Å². The van der Waals surface area contributed by atoms with Crippen LogP contribution in [0.4, 0.5) is 0 Å². The van der Waals surface area contributed by atoms with Crippen molar-refractivity contribution in [2.45, 2.75) is 0 Å². The van der Waals surface area contributed by atoms with E-state index in [-0.39, 0.29) is 0 Å². The topological polar surface area (TPSA) is 51.8 Å². The first-order valence-corrected chi connectivity index (χ1v) is 13.6. The molecule has 2 aromatic heterocycles. The lowest BCUT2D eigenvalue weighted by Crippen LogP contribution is -2.00. The van der Waals surface area contributed by atoms with Crippen molar-refractivity contribution in [1.29, 1.82) is 0 Å². The molecule has 192 valence electrons. The number of furan rings is 1. The molecule has 0 bridgehead atoms. The zero-order valence-corrected chi connectivity index (χ0v) is 22.0. The minimum atomic E-state index is 0.599. The van der Waals surface area contributed by atoms with Crippen molar-refractivity contribution in [2.24, 2.45) is 0 Å². The molecule has 0 radical (unpaired) electrons. The summed E-state index contributed by atoms with van der Waals surface area (Å²) in [5.74, 6) is 1.86. The van der Waals surface area contributed by atoms with Crippen LogP contribution in [0.5, 0.6) is 0 Å². The molecule has 0 unspecified atom stereocenters. The Kier molecular flexibility index (Phi) is 5.42. The van der Waals surface area contributed by atoms with Crippen LogP contribution >= 0.6 is 0 Å². The molecule has 0 N–H and O–H groups in total. The number of aromatic nitrogens is 3. The number of fused-ring (bicyclic) bond motifs is 4. The highest BCUT2D eigenvalue weighted by Gasteiger charge is 2.18. The minimum Gasteiger partial charge on any atom is -0.456 e. The van der Waals surface area contributed by atoms with E-state index in [0.29, 0.717) is 17.5 Å². The normalized spacial score (nSPS) is 11.4. The van der Waals surface area contributed by atoms with Crippen LogP contribution in [0.15, 0.2) is 144 Å². The van der Waals surface area contributed by atoms with Gasteiger partial charge in [0.15, 0.2) is 17.5 Å². The van der Waals surface area contributed by atoms with Crippen LogP contribution in [0.1, 0.15) is 0 Å². The molecule has 0 aliphatic carbocycles. The molecule has 4 heteroatoms. The van der Waals surface area contributed by atoms with E-state index in [1.807, 2.05) is 60.7 Å². The minimum absolute atomic E-state index is 0.599. The molecule has 0 aliphatic heterocycles. The standard InChI is InChI=1S/C37H23N3O/c1-3-12-25(13-4-1)31-22-29(23-33-34(31)30-17-9-10-18-32(30)41-33)37-39-35(26-14-5-2-6-15-26)38-36(40-37)28-20-19-24-11-7-8-16-27(24)21-28/h1-23H. The fraction of sp³-hybridized carbons (Fsp3) is 0. The van der Waals surface area contributed by atoms with Crippen LogP contribution in [0.25, 0.3) is 78.0 Å². The maximum absolute atomic E-state index is 6.38. The maximum atomic E-state index is 6.38. The Morgan fingerprint density at radius 1 is 0.390 bits per heavy atom. The molecule has 8 rings (SSSR count). The maximum Gasteiger partial charge on any atom is 0.164 e. The number of rotatable bonds is 4. The first-order chi connectivity index (χ1) is 20.3. The van der Waals surface area contributed by atoms with Crippen LogP contribution in [-0.4, -0.2) is 15.0 Å². The molecule has 8 aromatic rings. The van der Waals surface area contributed by atoms with Gasteiger partial charge in [-0.3, -0.25) is 0 Å². The molecule has 0 spiro atoms. The summed E-state index contributed by atoms with van der Waals surface area (Å²) in [7, 11) is 0. The zero-order chi connectivity index (χ0) is 27.2. The van der Waals surface area contributed by atoms with Crippen LogP contribution in [0.2, 0.25) is 0 Å². The predicted octanol–water partition coefficient (Wildman–Crippen LogP) is 9.59. The third-order valence-electron chi connectivity index (χ3n) is 7.50. The first kappa shape index (κ1) is 23.3. The molecule has 0 aliphatic rings. The average molecular weight is 526 g/mol. The van der Waals surface area contributed by atoms with Gasteiger partial charge in [-0.2, -0.15) is 0 Å². The van der Waals surface area contributed by atoms with E-state index in [1.165, 1.54) is 5.39 Å². The fourth-order valence-electron chi connectivity index (χ4n) is 5.51. The van der Waals surface area contributed by atoms with Crippen LogP contribution in [0, 0.1) is 0 Å². The summed E-state index contributed by atoms with van der Waals surface area (Å²) in [6, 6.07) is 47.5. The summed E-state index contributed by atoms with van der Waals surface area (Å²) in [6.45, 7) is 0. The van der Waals surface area contributed by atoms with Gasteiger partial charge >= 0.3 is 0 Å². The Balaban J connectivity index is 1.39. The molecule has 41 heavy (non-hydrogen) atoms. The van der Waals surface area contributed by atoms with Crippen molar-refractivity contribution in [1.82, 2.24) is 15.0 Å². The van der Waals surface area contributed by atoms with Gasteiger partial charge in [-0.25, -0.2) is 15.0 Å². The van der Waals surface area contributed by atoms with Crippen molar-refractivity contribution in [2.75, 3.05) is 0 Å². The molecule has 0 saturated heterocycles. The molecular weight excluding hydrogens is 502 g/mol. The monoisotopic (exact) mass is 525 g/mol. The third-order valence-corrected chi connectivity index (χ3v) is 7.50. The predicted molar refractivity (Wildman–Crippen MR) is 166 cm³/mol. The van der Waals surface area contributed by atoms with Gasteiger partial charge in [0.1, 0.15) is 11.2 Å². The quantitative estimate of drug-likeness (QED) is 0.230. The molecular formula is C37H23N3O. The van der Waals surface area contributed by atoms with Crippen LogP contribution < -0.4 is 0 Å². The smallest absolute Gasteiger partial charge is 0.164 e. The SMILES string of the molecule is c1ccc(-c2nc(-c3ccc4ccccc4c3)nc(-c3cc(-c4ccccc4)c4c(c3)oc3ccccc34)n2)cc1. The Hall–Kier alpha value is -5.61. The van der Waals surface area contributed by atoms with Crippen LogP contribution in [-0.2, 0) is 0 Å². The second kappa shape index (κ2) is 9.54. The molecule has 0 amide bonds. The van der Waals surface area contributed by atoms with Crippen molar-refractivity contribution in [3.05, 3.63) is 140 Å². The van der Waals surface area contributed by atoms with E-state index < -0.39 is 0 Å². The molecule has 2 heterocycles. The van der Waals surface area contributed by atoms with Gasteiger partial charge in [0.05, 0.1) is 0 Å². The number of hydrogen-bond acceptors (Lipinski definition) is 4. The van der Waals surface area contributed by atoms with Crippen molar-refractivity contribution < 1.29 is 4.42 Å². The van der Waals surface area contributed by atoms with Gasteiger partial charge in [0, 0.05) is 27.5 Å². The van der Waals surface area contributed by atoms with Crippen molar-refractivity contribution in [3.8, 4) is 45.3 Å². The van der Waals surface area contributed by atoms with Crippen molar-refractivity contribution >= 4 is 32.7 Å². The summed E-state index contributed by atoms with van der Waals surface area (Å²) < 4.78 is 6.38. The van der Waals surface area contributed by atoms with Crippen LogP contribution in [0.3, 0.4) is 0 Å². The van der Waals surface area contributed by atoms with E-state index in [4.69, 9.17) is 19.4 Å². The summed E-state index contributed by atoms with van der Waals surface area (Å²) in [4.78, 5) is 15.0. The highest BCUT2D eigenvalue weighted by Crippen LogP contribution is 2.40. The Labute approximate surface area is 236 Å². The van der Waals surface area contributed by atoms with Gasteiger partial charge in [-0.1, -0.05) is 115 Å². The number of para-hydroxylation sites is 1. The molecule has 6 aromatic carbocycles. The molecule has 0 atom stereocenters. The third kappa shape index (κ3) is 4.14. The van der Waals surface area contributed by atoms with E-state index in [2.05, 4.69) is 78.9 Å². The summed E-state index contributed by atoms with van der Waals surface area (Å²) >= 11 is 0. The number of nitrogens with zero attached hydrogens (tertiary/aromatic N) is 3. The Morgan fingerprint density at radius 3 is 1.78 bits per heavy atom. The second-order valence-electron chi connectivity index (χ2n) is 10.1. The lowest BCUT2D eigenvalue weighted by atomic mass is 9.97. The van der Waals surface area contributed by atoms with Crippen molar-refractivity contribution in [3.63, 3.8) is 0 Å². The van der Waals surface area contributed by atoms with E-state index >= 15 is 0 Å². The lowest BCUT2D eigenvalue weighted by Gasteiger charge is -2.11. The van der Waals surface area contributed by atoms with Gasteiger partial charge in [0.25, 0.3) is 0 Å². The van der Waals surface area contributed by atoms with E-state index in [0.717, 1.165) is 55.1 Å². The number of benzene rings is 6. The van der Waals surface area contributed by atoms with Gasteiger partial charge in [0.2, 0.25) is 0 Å². The highest BCUT2D eigenvalue weighted by molar-refractivity contribution is 6.13. The van der Waals surface area contributed by atoms with Gasteiger partial charge in [-0.05, 0) is 46.2 Å². The highest BCUT2D eigenvalue weighted by atomic mass is 16.3. The second-order valence-corrected chi connectivity index (χ2v) is 10.1. The van der Waals surface area contributed by atoms with E-state index in [9.17, 15) is 0 Å². The number of hydrogen-bond donors (Lipinski definition) is 0. The summed E-state index contributed by atoms with van der Waals surface area (Å²) in [5, 5.41) is 4.49. The largest absolute Gasteiger partial charge is 0.456 e. The molecule has 4 nitrogen and oxygen atoms in total. The summed E-state index contributed by atoms with van der Waals surface area (Å²) in [6.07, 6.45) is 0. The average Bonchev–Trinajstić information content (AvgIpc) is 3.43. The molecule has 0 fully saturated rings. The first-order valence-electron chi connectivity index (χ1n) is 13.6.